The molecule has 1 fully saturated rings. The Hall–Kier alpha value is -2.31. The average Bonchev–Trinajstić information content (AvgIpc) is 2.79. The van der Waals surface area contributed by atoms with Crippen LogP contribution >= 0.6 is 0 Å². The summed E-state index contributed by atoms with van der Waals surface area (Å²) in [4.78, 5) is 31.6. The molecule has 1 aliphatic rings. The summed E-state index contributed by atoms with van der Waals surface area (Å²) < 4.78 is 10.1. The maximum Gasteiger partial charge on any atom is 0.410 e. The number of carbonyl (C=O) groups excluding carboxylic acids is 2. The predicted octanol–water partition coefficient (Wildman–Crippen LogP) is 2.32. The van der Waals surface area contributed by atoms with E-state index in [0.717, 1.165) is 18.7 Å². The van der Waals surface area contributed by atoms with Crippen LogP contribution in [0.3, 0.4) is 0 Å². The zero-order valence-electron chi connectivity index (χ0n) is 14.7. The minimum atomic E-state index is -0.489. The van der Waals surface area contributed by atoms with Gasteiger partial charge in [0.1, 0.15) is 11.3 Å². The van der Waals surface area contributed by atoms with E-state index in [1.54, 1.807) is 17.2 Å². The van der Waals surface area contributed by atoms with Crippen molar-refractivity contribution >= 4 is 17.7 Å². The molecule has 0 aliphatic carbocycles. The maximum atomic E-state index is 12.2. The first-order valence-corrected chi connectivity index (χ1v) is 8.07. The molecule has 1 aliphatic heterocycles. The molecule has 2 heterocycles. The van der Waals surface area contributed by atoms with Gasteiger partial charge in [-0.1, -0.05) is 0 Å². The molecular weight excluding hydrogens is 310 g/mol. The fourth-order valence-corrected chi connectivity index (χ4v) is 2.48. The van der Waals surface area contributed by atoms with Crippen LogP contribution in [0.25, 0.3) is 0 Å². The number of aromatic nitrogens is 1. The van der Waals surface area contributed by atoms with Crippen LogP contribution in [0.1, 0.15) is 37.7 Å². The van der Waals surface area contributed by atoms with E-state index in [1.165, 1.54) is 7.11 Å². The third-order valence-corrected chi connectivity index (χ3v) is 3.66. The molecule has 1 saturated heterocycles. The lowest BCUT2D eigenvalue weighted by atomic mass is 10.2. The Labute approximate surface area is 142 Å². The van der Waals surface area contributed by atoms with Gasteiger partial charge >= 0.3 is 12.1 Å². The van der Waals surface area contributed by atoms with Gasteiger partial charge in [0.15, 0.2) is 0 Å². The Morgan fingerprint density at radius 2 is 1.88 bits per heavy atom. The molecule has 0 aromatic carbocycles. The molecule has 0 bridgehead atoms. The average molecular weight is 335 g/mol. The molecule has 1 aromatic rings. The lowest BCUT2D eigenvalue weighted by molar-refractivity contribution is 0.0263. The summed E-state index contributed by atoms with van der Waals surface area (Å²) in [7, 11) is 1.33. The number of esters is 1. The topological polar surface area (TPSA) is 72.0 Å². The summed E-state index contributed by atoms with van der Waals surface area (Å²) in [6.07, 6.45) is 2.23. The van der Waals surface area contributed by atoms with Crippen molar-refractivity contribution in [2.24, 2.45) is 0 Å². The Kier molecular flexibility index (Phi) is 5.64. The second kappa shape index (κ2) is 7.51. The first-order valence-electron chi connectivity index (χ1n) is 8.07. The van der Waals surface area contributed by atoms with Crippen LogP contribution in [0, 0.1) is 0 Å². The van der Waals surface area contributed by atoms with E-state index < -0.39 is 11.6 Å². The molecule has 7 nitrogen and oxygen atoms in total. The number of amides is 1. The van der Waals surface area contributed by atoms with Crippen LogP contribution in [0.2, 0.25) is 0 Å². The van der Waals surface area contributed by atoms with Crippen LogP contribution in [-0.2, 0) is 9.47 Å². The summed E-state index contributed by atoms with van der Waals surface area (Å²) in [6, 6.07) is 3.50. The van der Waals surface area contributed by atoms with E-state index in [1.807, 2.05) is 26.8 Å². The smallest absolute Gasteiger partial charge is 0.410 e. The highest BCUT2D eigenvalue weighted by Crippen LogP contribution is 2.17. The highest BCUT2D eigenvalue weighted by Gasteiger charge is 2.24. The fraction of sp³-hybridized carbons (Fsp3) is 0.588. The number of nitrogens with zero attached hydrogens (tertiary/aromatic N) is 3. The lowest BCUT2D eigenvalue weighted by Crippen LogP contribution is -2.39. The monoisotopic (exact) mass is 335 g/mol. The maximum absolute atomic E-state index is 12.2. The Balaban J connectivity index is 1.98. The van der Waals surface area contributed by atoms with Crippen molar-refractivity contribution in [1.82, 2.24) is 9.88 Å². The zero-order chi connectivity index (χ0) is 17.7. The lowest BCUT2D eigenvalue weighted by Gasteiger charge is -2.26. The van der Waals surface area contributed by atoms with E-state index in [9.17, 15) is 9.59 Å². The van der Waals surface area contributed by atoms with Crippen LogP contribution in [0.5, 0.6) is 0 Å². The van der Waals surface area contributed by atoms with Crippen LogP contribution in [0.15, 0.2) is 18.3 Å². The molecule has 7 heteroatoms. The Morgan fingerprint density at radius 1 is 1.12 bits per heavy atom. The van der Waals surface area contributed by atoms with E-state index in [0.29, 0.717) is 19.6 Å². The molecule has 2 rings (SSSR count). The van der Waals surface area contributed by atoms with Gasteiger partial charge in [-0.2, -0.15) is 0 Å². The fourth-order valence-electron chi connectivity index (χ4n) is 2.48. The minimum Gasteiger partial charge on any atom is -0.464 e. The SMILES string of the molecule is COC(=O)c1ccc(N2CCCN(C(=O)OC(C)(C)C)CC2)cn1. The van der Waals surface area contributed by atoms with Crippen molar-refractivity contribution in [3.63, 3.8) is 0 Å². The molecule has 0 atom stereocenters. The summed E-state index contributed by atoms with van der Waals surface area (Å²) in [5, 5.41) is 0. The molecule has 0 radical (unpaired) electrons. The number of methoxy groups -OCH3 is 1. The molecule has 132 valence electrons. The minimum absolute atomic E-state index is 0.275. The van der Waals surface area contributed by atoms with E-state index >= 15 is 0 Å². The number of hydrogen-bond donors (Lipinski definition) is 0. The van der Waals surface area contributed by atoms with E-state index in [2.05, 4.69) is 14.6 Å². The van der Waals surface area contributed by atoms with Gasteiger partial charge in [0.25, 0.3) is 0 Å². The third kappa shape index (κ3) is 4.84. The largest absolute Gasteiger partial charge is 0.464 e. The van der Waals surface area contributed by atoms with Gasteiger partial charge in [0, 0.05) is 26.2 Å². The summed E-state index contributed by atoms with van der Waals surface area (Å²) in [6.45, 7) is 8.36. The van der Waals surface area contributed by atoms with Gasteiger partial charge in [-0.15, -0.1) is 0 Å². The van der Waals surface area contributed by atoms with Crippen molar-refractivity contribution in [3.8, 4) is 0 Å². The number of anilines is 1. The van der Waals surface area contributed by atoms with Gasteiger partial charge in [-0.3, -0.25) is 0 Å². The summed E-state index contributed by atoms with van der Waals surface area (Å²) in [5.74, 6) is -0.450. The summed E-state index contributed by atoms with van der Waals surface area (Å²) >= 11 is 0. The van der Waals surface area contributed by atoms with Gasteiger partial charge in [-0.05, 0) is 39.3 Å². The first-order chi connectivity index (χ1) is 11.3. The van der Waals surface area contributed by atoms with Crippen LogP contribution in [0.4, 0.5) is 10.5 Å². The molecule has 0 unspecified atom stereocenters. The molecule has 0 saturated carbocycles. The molecule has 0 spiro atoms. The third-order valence-electron chi connectivity index (χ3n) is 3.66. The first kappa shape index (κ1) is 18.0. The number of pyridine rings is 1. The number of ether oxygens (including phenoxy) is 2. The highest BCUT2D eigenvalue weighted by atomic mass is 16.6. The van der Waals surface area contributed by atoms with Crippen molar-refractivity contribution in [2.75, 3.05) is 38.2 Å². The van der Waals surface area contributed by atoms with Crippen molar-refractivity contribution in [2.45, 2.75) is 32.8 Å². The second-order valence-corrected chi connectivity index (χ2v) is 6.70. The molecule has 1 aromatic heterocycles. The van der Waals surface area contributed by atoms with Gasteiger partial charge in [0.05, 0.1) is 19.0 Å². The van der Waals surface area contributed by atoms with Gasteiger partial charge in [-0.25, -0.2) is 14.6 Å². The van der Waals surface area contributed by atoms with E-state index in [4.69, 9.17) is 4.74 Å². The number of rotatable bonds is 2. The summed E-state index contributed by atoms with van der Waals surface area (Å²) in [5.41, 5.74) is 0.719. The molecule has 0 N–H and O–H groups in total. The quantitative estimate of drug-likeness (QED) is 0.772. The standard InChI is InChI=1S/C17H25N3O4/c1-17(2,3)24-16(22)20-9-5-8-19(10-11-20)13-6-7-14(18-12-13)15(21)23-4/h6-7,12H,5,8-11H2,1-4H3. The molecular formula is C17H25N3O4. The zero-order valence-corrected chi connectivity index (χ0v) is 14.7. The predicted molar refractivity (Wildman–Crippen MR) is 90.2 cm³/mol. The normalized spacial score (nSPS) is 15.7. The van der Waals surface area contributed by atoms with Crippen LogP contribution in [-0.4, -0.2) is 60.8 Å². The van der Waals surface area contributed by atoms with Gasteiger partial charge in [0.2, 0.25) is 0 Å². The second-order valence-electron chi connectivity index (χ2n) is 6.70. The van der Waals surface area contributed by atoms with Crippen LogP contribution < -0.4 is 4.90 Å². The van der Waals surface area contributed by atoms with Crippen molar-refractivity contribution in [3.05, 3.63) is 24.0 Å². The van der Waals surface area contributed by atoms with Gasteiger partial charge < -0.3 is 19.3 Å². The Morgan fingerprint density at radius 3 is 2.46 bits per heavy atom. The van der Waals surface area contributed by atoms with E-state index in [-0.39, 0.29) is 11.8 Å². The Bertz CT molecular complexity index is 580. The van der Waals surface area contributed by atoms with Crippen molar-refractivity contribution < 1.29 is 19.1 Å². The number of carbonyl (C=O) groups is 2. The highest BCUT2D eigenvalue weighted by molar-refractivity contribution is 5.87. The number of hydrogen-bond acceptors (Lipinski definition) is 6. The van der Waals surface area contributed by atoms with Crippen molar-refractivity contribution in [1.29, 1.82) is 0 Å². The molecule has 24 heavy (non-hydrogen) atoms. The molecule has 1 amide bonds.